The third-order valence-electron chi connectivity index (χ3n) is 4.91. The van der Waals surface area contributed by atoms with Crippen LogP contribution >= 0.6 is 0 Å². The van der Waals surface area contributed by atoms with E-state index in [1.165, 1.54) is 6.20 Å². The maximum atomic E-state index is 12.2. The Kier molecular flexibility index (Phi) is 7.01. The van der Waals surface area contributed by atoms with E-state index in [4.69, 9.17) is 9.47 Å². The van der Waals surface area contributed by atoms with Gasteiger partial charge in [0, 0.05) is 19.4 Å². The Morgan fingerprint density at radius 3 is 2.55 bits per heavy atom. The highest BCUT2D eigenvalue weighted by molar-refractivity contribution is 5.76. The molecule has 5 nitrogen and oxygen atoms in total. The monoisotopic (exact) mass is 404 g/mol. The predicted molar refractivity (Wildman–Crippen MR) is 107 cm³/mol. The molecule has 2 heterocycles. The van der Waals surface area contributed by atoms with Gasteiger partial charge in [-0.15, -0.1) is 0 Å². The third kappa shape index (κ3) is 6.14. The fraction of sp³-hybridized carbons (Fsp3) is 0.455. The summed E-state index contributed by atoms with van der Waals surface area (Å²) in [6.07, 6.45) is 0.418. The van der Waals surface area contributed by atoms with Gasteiger partial charge >= 0.3 is 0 Å². The average Bonchev–Trinajstić information content (AvgIpc) is 3.15. The summed E-state index contributed by atoms with van der Waals surface area (Å²) >= 11 is 0. The Morgan fingerprint density at radius 1 is 1.21 bits per heavy atom. The second-order valence-electron chi connectivity index (χ2n) is 7.40. The molecule has 0 bridgehead atoms. The molecule has 1 fully saturated rings. The van der Waals surface area contributed by atoms with Crippen molar-refractivity contribution in [3.8, 4) is 11.5 Å². The largest absolute Gasteiger partial charge is 0.489 e. The van der Waals surface area contributed by atoms with Gasteiger partial charge in [-0.25, -0.2) is 13.8 Å². The van der Waals surface area contributed by atoms with Gasteiger partial charge in [-0.3, -0.25) is 0 Å². The SMILES string of the molecule is CC(=O)C[C@@H](C)c1ccc(O[C@@H]2CCN(c3ccc(OCC(F)F)cn3)C2)cc1. The maximum absolute atomic E-state index is 12.2. The van der Waals surface area contributed by atoms with Crippen LogP contribution < -0.4 is 14.4 Å². The van der Waals surface area contributed by atoms with Crippen LogP contribution in [-0.2, 0) is 4.79 Å². The number of nitrogens with zero attached hydrogens (tertiary/aromatic N) is 2. The Morgan fingerprint density at radius 2 is 1.93 bits per heavy atom. The summed E-state index contributed by atoms with van der Waals surface area (Å²) in [5.41, 5.74) is 1.12. The number of ketones is 1. The number of carbonyl (C=O) groups excluding carboxylic acids is 1. The van der Waals surface area contributed by atoms with Gasteiger partial charge in [0.15, 0.2) is 0 Å². The molecule has 0 spiro atoms. The number of benzene rings is 1. The normalized spacial score (nSPS) is 17.4. The smallest absolute Gasteiger partial charge is 0.272 e. The van der Waals surface area contributed by atoms with Crippen molar-refractivity contribution in [1.29, 1.82) is 0 Å². The van der Waals surface area contributed by atoms with Crippen LogP contribution in [0.15, 0.2) is 42.6 Å². The van der Waals surface area contributed by atoms with Crippen molar-refractivity contribution < 1.29 is 23.0 Å². The summed E-state index contributed by atoms with van der Waals surface area (Å²) in [7, 11) is 0. The first kappa shape index (κ1) is 21.0. The molecule has 2 aromatic rings. The fourth-order valence-corrected chi connectivity index (χ4v) is 3.45. The number of ether oxygens (including phenoxy) is 2. The van der Waals surface area contributed by atoms with Gasteiger partial charge in [0.2, 0.25) is 0 Å². The highest BCUT2D eigenvalue weighted by Crippen LogP contribution is 2.26. The first-order valence-corrected chi connectivity index (χ1v) is 9.78. The van der Waals surface area contributed by atoms with E-state index in [-0.39, 0.29) is 17.8 Å². The van der Waals surface area contributed by atoms with Crippen LogP contribution in [0.3, 0.4) is 0 Å². The molecule has 7 heteroatoms. The Balaban J connectivity index is 1.51. The van der Waals surface area contributed by atoms with Crippen molar-refractivity contribution in [2.75, 3.05) is 24.6 Å². The van der Waals surface area contributed by atoms with Crippen LogP contribution in [-0.4, -0.2) is 43.0 Å². The van der Waals surface area contributed by atoms with Crippen LogP contribution in [0.5, 0.6) is 11.5 Å². The van der Waals surface area contributed by atoms with Crippen molar-refractivity contribution >= 4 is 11.6 Å². The van der Waals surface area contributed by atoms with Crippen LogP contribution in [0.2, 0.25) is 0 Å². The summed E-state index contributed by atoms with van der Waals surface area (Å²) < 4.78 is 35.4. The quantitative estimate of drug-likeness (QED) is 0.617. The minimum atomic E-state index is -2.50. The van der Waals surface area contributed by atoms with Crippen molar-refractivity contribution in [2.24, 2.45) is 0 Å². The molecule has 1 aromatic carbocycles. The number of alkyl halides is 2. The third-order valence-corrected chi connectivity index (χ3v) is 4.91. The molecule has 1 aliphatic rings. The first-order chi connectivity index (χ1) is 13.9. The standard InChI is InChI=1S/C22H26F2N2O3/c1-15(11-16(2)27)17-3-5-18(6-4-17)29-20-9-10-26(13-20)22-8-7-19(12-25-22)28-14-21(23)24/h3-8,12,15,20-21H,9-11,13-14H2,1-2H3/t15-,20-/m1/s1. The molecule has 2 atom stereocenters. The molecule has 3 rings (SSSR count). The van der Waals surface area contributed by atoms with Crippen molar-refractivity contribution in [3.63, 3.8) is 0 Å². The lowest BCUT2D eigenvalue weighted by Gasteiger charge is -2.18. The predicted octanol–water partition coefficient (Wildman–Crippen LogP) is 4.47. The number of Topliss-reactive ketones (excluding diaryl/α,β-unsaturated/α-hetero) is 1. The van der Waals surface area contributed by atoms with E-state index in [9.17, 15) is 13.6 Å². The molecule has 0 aliphatic carbocycles. The van der Waals surface area contributed by atoms with E-state index in [0.29, 0.717) is 18.7 Å². The van der Waals surface area contributed by atoms with E-state index < -0.39 is 13.0 Å². The van der Waals surface area contributed by atoms with Gasteiger partial charge in [0.25, 0.3) is 6.43 Å². The van der Waals surface area contributed by atoms with E-state index >= 15 is 0 Å². The zero-order valence-corrected chi connectivity index (χ0v) is 16.7. The summed E-state index contributed by atoms with van der Waals surface area (Å²) in [5.74, 6) is 2.29. The Bertz CT molecular complexity index is 797. The topological polar surface area (TPSA) is 51.7 Å². The van der Waals surface area contributed by atoms with E-state index in [1.807, 2.05) is 31.2 Å². The van der Waals surface area contributed by atoms with Crippen LogP contribution in [0.4, 0.5) is 14.6 Å². The number of halogens is 2. The highest BCUT2D eigenvalue weighted by atomic mass is 19.3. The van der Waals surface area contributed by atoms with Gasteiger partial charge in [0.05, 0.1) is 12.7 Å². The van der Waals surface area contributed by atoms with E-state index in [1.54, 1.807) is 19.1 Å². The zero-order chi connectivity index (χ0) is 20.8. The second kappa shape index (κ2) is 9.67. The van der Waals surface area contributed by atoms with Crippen molar-refractivity contribution in [1.82, 2.24) is 4.98 Å². The fourth-order valence-electron chi connectivity index (χ4n) is 3.45. The minimum Gasteiger partial charge on any atom is -0.489 e. The molecule has 0 saturated carbocycles. The van der Waals surface area contributed by atoms with Gasteiger partial charge in [-0.1, -0.05) is 19.1 Å². The van der Waals surface area contributed by atoms with Crippen LogP contribution in [0.25, 0.3) is 0 Å². The van der Waals surface area contributed by atoms with E-state index in [0.717, 1.165) is 30.1 Å². The number of rotatable bonds is 9. The molecule has 0 radical (unpaired) electrons. The number of anilines is 1. The minimum absolute atomic E-state index is 0.0482. The number of pyridine rings is 1. The van der Waals surface area contributed by atoms with Crippen LogP contribution in [0.1, 0.15) is 38.2 Å². The lowest BCUT2D eigenvalue weighted by Crippen LogP contribution is -2.25. The number of hydrogen-bond acceptors (Lipinski definition) is 5. The molecule has 29 heavy (non-hydrogen) atoms. The molecular weight excluding hydrogens is 378 g/mol. The Hall–Kier alpha value is -2.70. The number of carbonyl (C=O) groups is 1. The molecule has 0 N–H and O–H groups in total. The molecule has 156 valence electrons. The van der Waals surface area contributed by atoms with Gasteiger partial charge in [0.1, 0.15) is 35.8 Å². The maximum Gasteiger partial charge on any atom is 0.272 e. The van der Waals surface area contributed by atoms with Crippen molar-refractivity contribution in [2.45, 2.75) is 45.1 Å². The summed E-state index contributed by atoms with van der Waals surface area (Å²) in [5, 5.41) is 0. The molecule has 0 unspecified atom stereocenters. The lowest BCUT2D eigenvalue weighted by molar-refractivity contribution is -0.117. The Labute approximate surface area is 169 Å². The first-order valence-electron chi connectivity index (χ1n) is 9.78. The number of hydrogen-bond donors (Lipinski definition) is 0. The van der Waals surface area contributed by atoms with Gasteiger partial charge < -0.3 is 19.2 Å². The van der Waals surface area contributed by atoms with Gasteiger partial charge in [-0.05, 0) is 42.7 Å². The summed E-state index contributed by atoms with van der Waals surface area (Å²) in [6.45, 7) is 4.53. The van der Waals surface area contributed by atoms with Gasteiger partial charge in [-0.2, -0.15) is 0 Å². The van der Waals surface area contributed by atoms with Crippen molar-refractivity contribution in [3.05, 3.63) is 48.2 Å². The second-order valence-corrected chi connectivity index (χ2v) is 7.40. The molecule has 1 aliphatic heterocycles. The molecule has 1 saturated heterocycles. The molecule has 0 amide bonds. The summed E-state index contributed by atoms with van der Waals surface area (Å²) in [4.78, 5) is 17.7. The molecular formula is C22H26F2N2O3. The lowest BCUT2D eigenvalue weighted by atomic mass is 9.96. The average molecular weight is 404 g/mol. The zero-order valence-electron chi connectivity index (χ0n) is 16.7. The highest BCUT2D eigenvalue weighted by Gasteiger charge is 2.25. The number of aromatic nitrogens is 1. The molecule has 1 aromatic heterocycles. The van der Waals surface area contributed by atoms with Crippen LogP contribution in [0, 0.1) is 0 Å². The summed E-state index contributed by atoms with van der Waals surface area (Å²) in [6, 6.07) is 11.3. The van der Waals surface area contributed by atoms with E-state index in [2.05, 4.69) is 9.88 Å².